The number of amides is 1. The molecular formula is C15H26N2O3. The Balaban J connectivity index is 1.60. The second-order valence-electron chi connectivity index (χ2n) is 6.51. The van der Waals surface area contributed by atoms with Gasteiger partial charge >= 0.3 is 0 Å². The van der Waals surface area contributed by atoms with Crippen LogP contribution in [-0.4, -0.2) is 59.9 Å². The zero-order valence-corrected chi connectivity index (χ0v) is 12.1. The molecular weight excluding hydrogens is 256 g/mol. The highest BCUT2D eigenvalue weighted by Gasteiger charge is 2.42. The molecule has 114 valence electrons. The van der Waals surface area contributed by atoms with E-state index in [2.05, 4.69) is 5.32 Å². The van der Waals surface area contributed by atoms with Gasteiger partial charge in [-0.3, -0.25) is 10.1 Å². The number of aliphatic hydroxyl groups excluding tert-OH is 1. The average Bonchev–Trinajstić information content (AvgIpc) is 3.09. The van der Waals surface area contributed by atoms with Crippen LogP contribution in [0.25, 0.3) is 0 Å². The minimum atomic E-state index is -0.202. The lowest BCUT2D eigenvalue weighted by atomic mass is 9.97. The van der Waals surface area contributed by atoms with Gasteiger partial charge in [-0.2, -0.15) is 0 Å². The molecule has 2 saturated heterocycles. The van der Waals surface area contributed by atoms with Crippen molar-refractivity contribution in [3.63, 3.8) is 0 Å². The van der Waals surface area contributed by atoms with Gasteiger partial charge in [-0.15, -0.1) is 0 Å². The van der Waals surface area contributed by atoms with Gasteiger partial charge in [0.25, 0.3) is 0 Å². The number of hydrogen-bond acceptors (Lipinski definition) is 4. The maximum atomic E-state index is 12.6. The van der Waals surface area contributed by atoms with Gasteiger partial charge in [0.1, 0.15) is 0 Å². The van der Waals surface area contributed by atoms with Crippen molar-refractivity contribution in [3.8, 4) is 0 Å². The van der Waals surface area contributed by atoms with E-state index in [1.807, 2.05) is 4.90 Å². The molecule has 1 unspecified atom stereocenters. The predicted octanol–water partition coefficient (Wildman–Crippen LogP) is 0.661. The Morgan fingerprint density at radius 2 is 1.95 bits per heavy atom. The van der Waals surface area contributed by atoms with Crippen LogP contribution in [0.3, 0.4) is 0 Å². The van der Waals surface area contributed by atoms with Crippen LogP contribution in [0.15, 0.2) is 0 Å². The van der Waals surface area contributed by atoms with Crippen molar-refractivity contribution in [2.75, 3.05) is 26.4 Å². The largest absolute Gasteiger partial charge is 0.394 e. The quantitative estimate of drug-likeness (QED) is 0.795. The molecule has 0 bridgehead atoms. The normalized spacial score (nSPS) is 31.1. The van der Waals surface area contributed by atoms with Gasteiger partial charge in [-0.05, 0) is 32.1 Å². The van der Waals surface area contributed by atoms with Gasteiger partial charge in [0, 0.05) is 31.3 Å². The third kappa shape index (κ3) is 2.71. The van der Waals surface area contributed by atoms with E-state index in [1.54, 1.807) is 0 Å². The summed E-state index contributed by atoms with van der Waals surface area (Å²) in [6.07, 6.45) is 7.08. The van der Waals surface area contributed by atoms with Gasteiger partial charge in [0.05, 0.1) is 12.6 Å². The van der Waals surface area contributed by atoms with Crippen molar-refractivity contribution in [1.82, 2.24) is 10.2 Å². The lowest BCUT2D eigenvalue weighted by Gasteiger charge is -2.33. The molecule has 20 heavy (non-hydrogen) atoms. The van der Waals surface area contributed by atoms with Crippen LogP contribution in [-0.2, 0) is 9.53 Å². The first-order valence-corrected chi connectivity index (χ1v) is 8.01. The first kappa shape index (κ1) is 14.3. The van der Waals surface area contributed by atoms with Gasteiger partial charge in [-0.1, -0.05) is 12.8 Å². The molecule has 0 aromatic rings. The van der Waals surface area contributed by atoms with Gasteiger partial charge in [0.2, 0.25) is 5.91 Å². The van der Waals surface area contributed by atoms with Gasteiger partial charge in [-0.25, -0.2) is 0 Å². The monoisotopic (exact) mass is 282 g/mol. The molecule has 1 atom stereocenters. The average molecular weight is 282 g/mol. The minimum absolute atomic E-state index is 0.0944. The highest BCUT2D eigenvalue weighted by Crippen LogP contribution is 2.31. The summed E-state index contributed by atoms with van der Waals surface area (Å²) in [6.45, 7) is 2.54. The van der Waals surface area contributed by atoms with E-state index in [9.17, 15) is 9.90 Å². The summed E-state index contributed by atoms with van der Waals surface area (Å²) < 4.78 is 5.38. The summed E-state index contributed by atoms with van der Waals surface area (Å²) in [4.78, 5) is 14.6. The van der Waals surface area contributed by atoms with E-state index in [4.69, 9.17) is 4.74 Å². The molecule has 0 aromatic heterocycles. The molecule has 0 radical (unpaired) electrons. The summed E-state index contributed by atoms with van der Waals surface area (Å²) in [5.74, 6) is 0.233. The van der Waals surface area contributed by atoms with Crippen molar-refractivity contribution in [2.45, 2.75) is 62.6 Å². The standard InChI is InChI=1S/C15H26N2O3/c18-11-15(6-1-2-7-15)16-13-3-8-17(14(13)19)12-4-9-20-10-5-12/h12-13,16,18H,1-11H2. The minimum Gasteiger partial charge on any atom is -0.394 e. The predicted molar refractivity (Wildman–Crippen MR) is 75.4 cm³/mol. The molecule has 2 aliphatic heterocycles. The van der Waals surface area contributed by atoms with Gasteiger partial charge < -0.3 is 14.7 Å². The highest BCUT2D eigenvalue weighted by atomic mass is 16.5. The summed E-state index contributed by atoms with van der Waals surface area (Å²) in [7, 11) is 0. The van der Waals surface area contributed by atoms with Crippen molar-refractivity contribution < 1.29 is 14.6 Å². The summed E-state index contributed by atoms with van der Waals surface area (Å²) in [5.41, 5.74) is -0.202. The molecule has 5 nitrogen and oxygen atoms in total. The van der Waals surface area contributed by atoms with E-state index in [0.29, 0.717) is 6.04 Å². The summed E-state index contributed by atoms with van der Waals surface area (Å²) >= 11 is 0. The Hall–Kier alpha value is -0.650. The van der Waals surface area contributed by atoms with E-state index in [1.165, 1.54) is 0 Å². The van der Waals surface area contributed by atoms with Crippen molar-refractivity contribution in [2.24, 2.45) is 0 Å². The molecule has 2 N–H and O–H groups in total. The van der Waals surface area contributed by atoms with Crippen LogP contribution in [0.4, 0.5) is 0 Å². The first-order chi connectivity index (χ1) is 9.74. The number of aliphatic hydroxyl groups is 1. The zero-order chi connectivity index (χ0) is 14.0. The lowest BCUT2D eigenvalue weighted by molar-refractivity contribution is -0.133. The summed E-state index contributed by atoms with van der Waals surface area (Å²) in [6, 6.07) is 0.264. The van der Waals surface area contributed by atoms with Crippen LogP contribution < -0.4 is 5.32 Å². The van der Waals surface area contributed by atoms with Gasteiger partial charge in [0.15, 0.2) is 0 Å². The molecule has 3 rings (SSSR count). The Morgan fingerprint density at radius 3 is 2.60 bits per heavy atom. The first-order valence-electron chi connectivity index (χ1n) is 8.01. The molecule has 3 aliphatic rings. The topological polar surface area (TPSA) is 61.8 Å². The number of carbonyl (C=O) groups is 1. The van der Waals surface area contributed by atoms with Crippen LogP contribution in [0, 0.1) is 0 Å². The number of ether oxygens (including phenoxy) is 1. The maximum Gasteiger partial charge on any atom is 0.240 e. The number of rotatable bonds is 4. The molecule has 1 amide bonds. The fourth-order valence-corrected chi connectivity index (χ4v) is 3.96. The van der Waals surface area contributed by atoms with Crippen molar-refractivity contribution >= 4 is 5.91 Å². The molecule has 2 heterocycles. The molecule has 1 saturated carbocycles. The molecule has 0 spiro atoms. The second-order valence-corrected chi connectivity index (χ2v) is 6.51. The molecule has 0 aromatic carbocycles. The van der Waals surface area contributed by atoms with Crippen LogP contribution in [0.1, 0.15) is 44.9 Å². The maximum absolute atomic E-state index is 12.6. The van der Waals surface area contributed by atoms with Crippen molar-refractivity contribution in [1.29, 1.82) is 0 Å². The van der Waals surface area contributed by atoms with Crippen molar-refractivity contribution in [3.05, 3.63) is 0 Å². The molecule has 1 aliphatic carbocycles. The third-order valence-electron chi connectivity index (χ3n) is 5.22. The van der Waals surface area contributed by atoms with Crippen LogP contribution in [0.2, 0.25) is 0 Å². The number of likely N-dealkylation sites (tertiary alicyclic amines) is 1. The number of carbonyl (C=O) groups excluding carboxylic acids is 1. The number of nitrogens with one attached hydrogen (secondary N) is 1. The molecule has 5 heteroatoms. The highest BCUT2D eigenvalue weighted by molar-refractivity contribution is 5.84. The fraction of sp³-hybridized carbons (Fsp3) is 0.933. The Kier molecular flexibility index (Phi) is 4.29. The Bertz CT molecular complexity index is 349. The van der Waals surface area contributed by atoms with Crippen LogP contribution in [0.5, 0.6) is 0 Å². The van der Waals surface area contributed by atoms with Crippen LogP contribution >= 0.6 is 0 Å². The Labute approximate surface area is 120 Å². The fourth-order valence-electron chi connectivity index (χ4n) is 3.96. The van der Waals surface area contributed by atoms with E-state index in [0.717, 1.165) is 64.7 Å². The van der Waals surface area contributed by atoms with E-state index in [-0.39, 0.29) is 24.1 Å². The number of nitrogens with zero attached hydrogens (tertiary/aromatic N) is 1. The smallest absolute Gasteiger partial charge is 0.240 e. The lowest BCUT2D eigenvalue weighted by Crippen LogP contribution is -2.54. The Morgan fingerprint density at radius 1 is 1.25 bits per heavy atom. The van der Waals surface area contributed by atoms with E-state index >= 15 is 0 Å². The number of hydrogen-bond donors (Lipinski definition) is 2. The third-order valence-corrected chi connectivity index (χ3v) is 5.22. The van der Waals surface area contributed by atoms with E-state index < -0.39 is 0 Å². The zero-order valence-electron chi connectivity index (χ0n) is 12.1. The molecule has 3 fully saturated rings. The second kappa shape index (κ2) is 6.00. The summed E-state index contributed by atoms with van der Waals surface area (Å²) in [5, 5.41) is 13.2. The SMILES string of the molecule is O=C1C(NC2(CO)CCCC2)CCN1C1CCOCC1.